The summed E-state index contributed by atoms with van der Waals surface area (Å²) < 4.78 is 2.05. The van der Waals surface area contributed by atoms with Crippen molar-refractivity contribution < 1.29 is 4.79 Å². The van der Waals surface area contributed by atoms with Crippen molar-refractivity contribution in [2.75, 3.05) is 14.1 Å². The number of carbonyl (C=O) groups excluding carboxylic acids is 1. The highest BCUT2D eigenvalue weighted by Gasteiger charge is 2.22. The Balaban J connectivity index is 1.96. The number of hydrogen-bond donors (Lipinski definition) is 0. The van der Waals surface area contributed by atoms with Crippen molar-refractivity contribution >= 4 is 17.7 Å². The zero-order valence-corrected chi connectivity index (χ0v) is 15.8. The summed E-state index contributed by atoms with van der Waals surface area (Å²) in [7, 11) is 3.52. The molecule has 3 rings (SSSR count). The summed E-state index contributed by atoms with van der Waals surface area (Å²) in [6.45, 7) is 2.53. The van der Waals surface area contributed by atoms with Crippen LogP contribution in [0.4, 0.5) is 0 Å². The molecular formula is C19H21N5OS. The first-order valence-corrected chi connectivity index (χ1v) is 9.19. The minimum Gasteiger partial charge on any atom is -0.348 e. The van der Waals surface area contributed by atoms with Gasteiger partial charge in [0.25, 0.3) is 0 Å². The lowest BCUT2D eigenvalue weighted by atomic mass is 10.2. The zero-order chi connectivity index (χ0) is 18.5. The Morgan fingerprint density at radius 3 is 2.46 bits per heavy atom. The van der Waals surface area contributed by atoms with Crippen LogP contribution in [0.1, 0.15) is 12.5 Å². The lowest BCUT2D eigenvalue weighted by molar-refractivity contribution is -0.127. The van der Waals surface area contributed by atoms with Crippen molar-refractivity contribution in [3.63, 3.8) is 0 Å². The number of thioether (sulfide) groups is 1. The maximum absolute atomic E-state index is 12.2. The summed E-state index contributed by atoms with van der Waals surface area (Å²) in [5, 5.41) is 9.22. The Hall–Kier alpha value is -2.67. The van der Waals surface area contributed by atoms with Crippen LogP contribution in [0.25, 0.3) is 11.4 Å². The topological polar surface area (TPSA) is 63.9 Å². The first-order valence-electron chi connectivity index (χ1n) is 8.31. The SMILES string of the molecule is C[C@H](Sc1nnc(-c2ccncc2)n1Cc1ccccc1)C(=O)N(C)C. The summed E-state index contributed by atoms with van der Waals surface area (Å²) in [4.78, 5) is 17.9. The van der Waals surface area contributed by atoms with E-state index < -0.39 is 0 Å². The van der Waals surface area contributed by atoms with Gasteiger partial charge < -0.3 is 4.90 Å². The average molecular weight is 367 g/mol. The Morgan fingerprint density at radius 2 is 1.81 bits per heavy atom. The van der Waals surface area contributed by atoms with Crippen LogP contribution in [0, 0.1) is 0 Å². The molecule has 2 heterocycles. The summed E-state index contributed by atoms with van der Waals surface area (Å²) in [5.41, 5.74) is 2.10. The van der Waals surface area contributed by atoms with Gasteiger partial charge in [-0.25, -0.2) is 0 Å². The van der Waals surface area contributed by atoms with Gasteiger partial charge in [-0.3, -0.25) is 14.3 Å². The van der Waals surface area contributed by atoms with E-state index in [-0.39, 0.29) is 11.2 Å². The quantitative estimate of drug-likeness (QED) is 0.627. The molecule has 0 aliphatic heterocycles. The number of hydrogen-bond acceptors (Lipinski definition) is 5. The Kier molecular flexibility index (Phi) is 5.68. The normalized spacial score (nSPS) is 12.0. The van der Waals surface area contributed by atoms with E-state index in [0.717, 1.165) is 22.1 Å². The Labute approximate surface area is 157 Å². The summed E-state index contributed by atoms with van der Waals surface area (Å²) >= 11 is 1.42. The molecule has 0 saturated carbocycles. The van der Waals surface area contributed by atoms with Gasteiger partial charge in [-0.15, -0.1) is 10.2 Å². The van der Waals surface area contributed by atoms with Crippen LogP contribution >= 0.6 is 11.8 Å². The lowest BCUT2D eigenvalue weighted by Crippen LogP contribution is -2.29. The highest BCUT2D eigenvalue weighted by molar-refractivity contribution is 8.00. The monoisotopic (exact) mass is 367 g/mol. The zero-order valence-electron chi connectivity index (χ0n) is 15.0. The molecule has 2 aromatic heterocycles. The van der Waals surface area contributed by atoms with Crippen LogP contribution < -0.4 is 0 Å². The van der Waals surface area contributed by atoms with Gasteiger partial charge in [0, 0.05) is 32.1 Å². The molecule has 0 radical (unpaired) electrons. The highest BCUT2D eigenvalue weighted by atomic mass is 32.2. The molecule has 0 unspecified atom stereocenters. The maximum atomic E-state index is 12.2. The van der Waals surface area contributed by atoms with E-state index in [0.29, 0.717) is 6.54 Å². The van der Waals surface area contributed by atoms with Crippen LogP contribution in [0.2, 0.25) is 0 Å². The predicted octanol–water partition coefficient (Wildman–Crippen LogP) is 2.96. The van der Waals surface area contributed by atoms with Crippen molar-refractivity contribution in [3.8, 4) is 11.4 Å². The van der Waals surface area contributed by atoms with Crippen LogP contribution in [0.15, 0.2) is 60.0 Å². The molecule has 134 valence electrons. The average Bonchev–Trinajstić information content (AvgIpc) is 3.04. The minimum absolute atomic E-state index is 0.0507. The molecule has 3 aromatic rings. The van der Waals surface area contributed by atoms with Gasteiger partial charge in [0.15, 0.2) is 11.0 Å². The van der Waals surface area contributed by atoms with E-state index in [9.17, 15) is 4.79 Å². The van der Waals surface area contributed by atoms with E-state index in [1.807, 2.05) is 37.3 Å². The number of amides is 1. The summed E-state index contributed by atoms with van der Waals surface area (Å²) in [6.07, 6.45) is 3.48. The molecule has 6 nitrogen and oxygen atoms in total. The van der Waals surface area contributed by atoms with Gasteiger partial charge in [0.2, 0.25) is 5.91 Å². The predicted molar refractivity (Wildman–Crippen MR) is 103 cm³/mol. The number of carbonyl (C=O) groups is 1. The van der Waals surface area contributed by atoms with Gasteiger partial charge in [-0.2, -0.15) is 0 Å². The first-order chi connectivity index (χ1) is 12.6. The third-order valence-electron chi connectivity index (χ3n) is 3.91. The molecule has 0 spiro atoms. The van der Waals surface area contributed by atoms with Crippen LogP contribution in [-0.2, 0) is 11.3 Å². The minimum atomic E-state index is -0.242. The smallest absolute Gasteiger partial charge is 0.235 e. The van der Waals surface area contributed by atoms with Gasteiger partial charge in [-0.05, 0) is 24.6 Å². The van der Waals surface area contributed by atoms with Crippen molar-refractivity contribution in [2.24, 2.45) is 0 Å². The van der Waals surface area contributed by atoms with Gasteiger partial charge in [0.1, 0.15) is 0 Å². The largest absolute Gasteiger partial charge is 0.348 e. The highest BCUT2D eigenvalue weighted by Crippen LogP contribution is 2.28. The molecule has 1 amide bonds. The molecular weight excluding hydrogens is 346 g/mol. The Bertz CT molecular complexity index is 864. The standard InChI is InChI=1S/C19H21N5OS/c1-14(18(25)23(2)3)26-19-22-21-17(16-9-11-20-12-10-16)24(19)13-15-7-5-4-6-8-15/h4-12,14H,13H2,1-3H3/t14-/m0/s1. The number of pyridine rings is 1. The molecule has 0 bridgehead atoms. The molecule has 0 N–H and O–H groups in total. The van der Waals surface area contributed by atoms with Gasteiger partial charge in [0.05, 0.1) is 11.8 Å². The van der Waals surface area contributed by atoms with E-state index in [1.54, 1.807) is 31.4 Å². The molecule has 7 heteroatoms. The Morgan fingerprint density at radius 1 is 1.12 bits per heavy atom. The second-order valence-electron chi connectivity index (χ2n) is 6.11. The van der Waals surface area contributed by atoms with Gasteiger partial charge >= 0.3 is 0 Å². The number of nitrogens with zero attached hydrogens (tertiary/aromatic N) is 5. The van der Waals surface area contributed by atoms with Crippen molar-refractivity contribution in [1.29, 1.82) is 0 Å². The fourth-order valence-corrected chi connectivity index (χ4v) is 3.57. The van der Waals surface area contributed by atoms with Crippen molar-refractivity contribution in [2.45, 2.75) is 23.9 Å². The third kappa shape index (κ3) is 4.11. The van der Waals surface area contributed by atoms with E-state index in [1.165, 1.54) is 11.8 Å². The molecule has 0 fully saturated rings. The van der Waals surface area contributed by atoms with Crippen LogP contribution in [-0.4, -0.2) is 49.9 Å². The van der Waals surface area contributed by atoms with Crippen LogP contribution in [0.3, 0.4) is 0 Å². The van der Waals surface area contributed by atoms with E-state index in [4.69, 9.17) is 0 Å². The first kappa shape index (κ1) is 18.1. The summed E-state index contributed by atoms with van der Waals surface area (Å²) in [5.74, 6) is 0.818. The fraction of sp³-hybridized carbons (Fsp3) is 0.263. The molecule has 0 aliphatic carbocycles. The second kappa shape index (κ2) is 8.14. The van der Waals surface area contributed by atoms with Crippen molar-refractivity contribution in [1.82, 2.24) is 24.6 Å². The van der Waals surface area contributed by atoms with E-state index >= 15 is 0 Å². The maximum Gasteiger partial charge on any atom is 0.235 e. The molecule has 26 heavy (non-hydrogen) atoms. The molecule has 0 saturated heterocycles. The van der Waals surface area contributed by atoms with Gasteiger partial charge in [-0.1, -0.05) is 42.1 Å². The summed E-state index contributed by atoms with van der Waals surface area (Å²) in [6, 6.07) is 14.0. The van der Waals surface area contributed by atoms with E-state index in [2.05, 4.69) is 31.9 Å². The second-order valence-corrected chi connectivity index (χ2v) is 7.41. The fourth-order valence-electron chi connectivity index (χ4n) is 2.57. The third-order valence-corrected chi connectivity index (χ3v) is 4.98. The van der Waals surface area contributed by atoms with Crippen molar-refractivity contribution in [3.05, 3.63) is 60.4 Å². The molecule has 1 aromatic carbocycles. The number of rotatable bonds is 6. The number of benzene rings is 1. The number of aromatic nitrogens is 4. The lowest BCUT2D eigenvalue weighted by Gasteiger charge is -2.17. The van der Waals surface area contributed by atoms with Crippen LogP contribution in [0.5, 0.6) is 0 Å². The molecule has 1 atom stereocenters. The molecule has 0 aliphatic rings.